The van der Waals surface area contributed by atoms with E-state index in [2.05, 4.69) is 9.71 Å². The normalized spacial score (nSPS) is 12.2. The van der Waals surface area contributed by atoms with Crippen LogP contribution in [0.25, 0.3) is 0 Å². The van der Waals surface area contributed by atoms with Crippen molar-refractivity contribution in [3.05, 3.63) is 18.3 Å². The molecule has 8 heteroatoms. The van der Waals surface area contributed by atoms with Crippen molar-refractivity contribution in [2.24, 2.45) is 0 Å². The number of aromatic nitrogens is 1. The molecule has 0 aliphatic heterocycles. The molecule has 112 valence electrons. The predicted molar refractivity (Wildman–Crippen MR) is 72.1 cm³/mol. The Hall–Kier alpha value is -1.67. The highest BCUT2D eigenvalue weighted by atomic mass is 32.2. The van der Waals surface area contributed by atoms with Crippen LogP contribution in [0.5, 0.6) is 5.88 Å². The quantitative estimate of drug-likeness (QED) is 0.778. The Labute approximate surface area is 118 Å². The summed E-state index contributed by atoms with van der Waals surface area (Å²) in [6, 6.07) is 2.82. The molecule has 0 radical (unpaired) electrons. The molecule has 1 aromatic rings. The van der Waals surface area contributed by atoms with Crippen LogP contribution in [-0.4, -0.2) is 37.1 Å². The molecule has 0 saturated heterocycles. The second-order valence-electron chi connectivity index (χ2n) is 4.92. The van der Waals surface area contributed by atoms with Crippen molar-refractivity contribution in [2.75, 3.05) is 7.11 Å². The van der Waals surface area contributed by atoms with E-state index in [-0.39, 0.29) is 17.7 Å². The average molecular weight is 302 g/mol. The van der Waals surface area contributed by atoms with Crippen LogP contribution in [0.1, 0.15) is 26.7 Å². The number of carboxylic acids is 1. The minimum Gasteiger partial charge on any atom is -0.481 e. The largest absolute Gasteiger partial charge is 0.481 e. The van der Waals surface area contributed by atoms with Crippen molar-refractivity contribution in [1.82, 2.24) is 9.71 Å². The van der Waals surface area contributed by atoms with E-state index in [9.17, 15) is 13.2 Å². The topological polar surface area (TPSA) is 106 Å². The number of carboxylic acid groups (broad SMARTS) is 1. The summed E-state index contributed by atoms with van der Waals surface area (Å²) in [4.78, 5) is 14.4. The number of nitrogens with one attached hydrogen (secondary N) is 1. The highest BCUT2D eigenvalue weighted by Crippen LogP contribution is 2.18. The second-order valence-corrected chi connectivity index (χ2v) is 6.60. The van der Waals surface area contributed by atoms with E-state index in [1.165, 1.54) is 25.4 Å². The summed E-state index contributed by atoms with van der Waals surface area (Å²) in [6.07, 6.45) is 1.26. The Morgan fingerprint density at radius 2 is 2.10 bits per heavy atom. The first kappa shape index (κ1) is 16.4. The van der Waals surface area contributed by atoms with Crippen LogP contribution in [0, 0.1) is 0 Å². The molecule has 1 heterocycles. The number of hydrogen-bond acceptors (Lipinski definition) is 5. The third kappa shape index (κ3) is 4.78. The molecule has 0 unspecified atom stereocenters. The van der Waals surface area contributed by atoms with Crippen LogP contribution >= 0.6 is 0 Å². The fraction of sp³-hybridized carbons (Fsp3) is 0.500. The standard InChI is InChI=1S/C12H18N2O5S/c1-12(2,7-6-11(15)16)14-20(17,18)9-4-5-10(19-3)13-8-9/h4-5,8,14H,6-7H2,1-3H3,(H,15,16). The van der Waals surface area contributed by atoms with Gasteiger partial charge >= 0.3 is 5.97 Å². The molecule has 0 aromatic carbocycles. The Balaban J connectivity index is 2.84. The van der Waals surface area contributed by atoms with Crippen molar-refractivity contribution in [3.63, 3.8) is 0 Å². The smallest absolute Gasteiger partial charge is 0.303 e. The van der Waals surface area contributed by atoms with Crippen molar-refractivity contribution in [3.8, 4) is 5.88 Å². The monoisotopic (exact) mass is 302 g/mol. The Morgan fingerprint density at radius 1 is 1.45 bits per heavy atom. The van der Waals surface area contributed by atoms with Gasteiger partial charge in [-0.05, 0) is 26.3 Å². The van der Waals surface area contributed by atoms with E-state index in [4.69, 9.17) is 9.84 Å². The zero-order chi connectivity index (χ0) is 15.4. The molecule has 0 bridgehead atoms. The SMILES string of the molecule is COc1ccc(S(=O)(=O)NC(C)(C)CCC(=O)O)cn1. The van der Waals surface area contributed by atoms with E-state index >= 15 is 0 Å². The van der Waals surface area contributed by atoms with Gasteiger partial charge in [-0.3, -0.25) is 4.79 Å². The maximum atomic E-state index is 12.2. The van der Waals surface area contributed by atoms with Crippen LogP contribution < -0.4 is 9.46 Å². The number of nitrogens with zero attached hydrogens (tertiary/aromatic N) is 1. The predicted octanol–water partition coefficient (Wildman–Crippen LogP) is 1.01. The number of aliphatic carboxylic acids is 1. The van der Waals surface area contributed by atoms with Crippen LogP contribution in [-0.2, 0) is 14.8 Å². The summed E-state index contributed by atoms with van der Waals surface area (Å²) in [5.41, 5.74) is -0.864. The average Bonchev–Trinajstić information content (AvgIpc) is 2.35. The summed E-state index contributed by atoms with van der Waals surface area (Å²) in [6.45, 7) is 3.26. The summed E-state index contributed by atoms with van der Waals surface area (Å²) in [7, 11) is -2.32. The van der Waals surface area contributed by atoms with Crippen molar-refractivity contribution in [2.45, 2.75) is 37.1 Å². The third-order valence-electron chi connectivity index (χ3n) is 2.60. The maximum absolute atomic E-state index is 12.2. The van der Waals surface area contributed by atoms with Gasteiger partial charge in [0.1, 0.15) is 4.90 Å². The van der Waals surface area contributed by atoms with Gasteiger partial charge < -0.3 is 9.84 Å². The maximum Gasteiger partial charge on any atom is 0.303 e. The molecule has 0 atom stereocenters. The lowest BCUT2D eigenvalue weighted by molar-refractivity contribution is -0.137. The lowest BCUT2D eigenvalue weighted by Gasteiger charge is -2.25. The molecule has 2 N–H and O–H groups in total. The Kier molecular flexibility index (Phi) is 5.07. The third-order valence-corrected chi connectivity index (χ3v) is 4.29. The molecule has 7 nitrogen and oxygen atoms in total. The number of pyridine rings is 1. The Morgan fingerprint density at radius 3 is 2.55 bits per heavy atom. The minimum atomic E-state index is -3.75. The number of hydrogen-bond donors (Lipinski definition) is 2. The van der Waals surface area contributed by atoms with Gasteiger partial charge in [0.05, 0.1) is 13.3 Å². The van der Waals surface area contributed by atoms with Crippen LogP contribution in [0.2, 0.25) is 0 Å². The molecule has 20 heavy (non-hydrogen) atoms. The lowest BCUT2D eigenvalue weighted by Crippen LogP contribution is -2.43. The molecule has 0 saturated carbocycles. The number of sulfonamides is 1. The van der Waals surface area contributed by atoms with Crippen LogP contribution in [0.3, 0.4) is 0 Å². The highest BCUT2D eigenvalue weighted by molar-refractivity contribution is 7.89. The molecule has 1 rings (SSSR count). The molecule has 0 amide bonds. The van der Waals surface area contributed by atoms with Gasteiger partial charge in [-0.2, -0.15) is 0 Å². The first-order valence-corrected chi connectivity index (χ1v) is 7.40. The molecule has 0 spiro atoms. The summed E-state index contributed by atoms with van der Waals surface area (Å²) in [5.74, 6) is -0.655. The van der Waals surface area contributed by atoms with Crippen molar-refractivity contribution >= 4 is 16.0 Å². The molecule has 0 aliphatic carbocycles. The minimum absolute atomic E-state index is 0.00157. The lowest BCUT2D eigenvalue weighted by atomic mass is 10.0. The fourth-order valence-corrected chi connectivity index (χ4v) is 2.93. The molecule has 0 aliphatic rings. The molecule has 1 aromatic heterocycles. The first-order valence-electron chi connectivity index (χ1n) is 5.92. The van der Waals surface area contributed by atoms with Gasteiger partial charge in [0.25, 0.3) is 0 Å². The molecule has 0 fully saturated rings. The number of rotatable bonds is 7. The van der Waals surface area contributed by atoms with Gasteiger partial charge in [-0.25, -0.2) is 18.1 Å². The summed E-state index contributed by atoms with van der Waals surface area (Å²) >= 11 is 0. The zero-order valence-corrected chi connectivity index (χ0v) is 12.4. The molecular formula is C12H18N2O5S. The van der Waals surface area contributed by atoms with Crippen molar-refractivity contribution < 1.29 is 23.1 Å². The van der Waals surface area contributed by atoms with Gasteiger partial charge in [-0.15, -0.1) is 0 Å². The van der Waals surface area contributed by atoms with Crippen LogP contribution in [0.15, 0.2) is 23.2 Å². The van der Waals surface area contributed by atoms with Crippen LogP contribution in [0.4, 0.5) is 0 Å². The zero-order valence-electron chi connectivity index (χ0n) is 11.6. The summed E-state index contributed by atoms with van der Waals surface area (Å²) < 4.78 is 31.6. The van der Waals surface area contributed by atoms with E-state index in [0.29, 0.717) is 5.88 Å². The van der Waals surface area contributed by atoms with E-state index < -0.39 is 21.5 Å². The van der Waals surface area contributed by atoms with Gasteiger partial charge in [0.15, 0.2) is 0 Å². The van der Waals surface area contributed by atoms with E-state index in [0.717, 1.165) is 0 Å². The fourth-order valence-electron chi connectivity index (χ4n) is 1.54. The number of ether oxygens (including phenoxy) is 1. The summed E-state index contributed by atoms with van der Waals surface area (Å²) in [5, 5.41) is 8.65. The van der Waals surface area contributed by atoms with Gasteiger partial charge in [-0.1, -0.05) is 0 Å². The van der Waals surface area contributed by atoms with Gasteiger partial charge in [0, 0.05) is 18.0 Å². The second kappa shape index (κ2) is 6.19. The Bertz CT molecular complexity index is 566. The highest BCUT2D eigenvalue weighted by Gasteiger charge is 2.27. The van der Waals surface area contributed by atoms with Gasteiger partial charge in [0.2, 0.25) is 15.9 Å². The van der Waals surface area contributed by atoms with E-state index in [1.807, 2.05) is 0 Å². The number of methoxy groups -OCH3 is 1. The number of carbonyl (C=O) groups is 1. The molecular weight excluding hydrogens is 284 g/mol. The first-order chi connectivity index (χ1) is 9.16. The van der Waals surface area contributed by atoms with Crippen molar-refractivity contribution in [1.29, 1.82) is 0 Å². The van der Waals surface area contributed by atoms with E-state index in [1.54, 1.807) is 13.8 Å².